The van der Waals surface area contributed by atoms with Crippen molar-refractivity contribution in [2.24, 2.45) is 5.41 Å². The first-order chi connectivity index (χ1) is 7.83. The van der Waals surface area contributed by atoms with Crippen molar-refractivity contribution in [3.05, 3.63) is 29.8 Å². The standard InChI is InChI=1S/C12H14O4S/c1-12(2,11(15)16)7-17-9-5-3-8(4-6-9)10(13)14/h3-6H,7H2,1-2H3,(H,13,14)(H,15,16). The Bertz CT molecular complexity index is 423. The van der Waals surface area contributed by atoms with Gasteiger partial charge in [0.1, 0.15) is 0 Å². The first-order valence-electron chi connectivity index (χ1n) is 5.02. The Labute approximate surface area is 104 Å². The lowest BCUT2D eigenvalue weighted by atomic mass is 9.97. The zero-order valence-electron chi connectivity index (χ0n) is 9.64. The Kier molecular flexibility index (Phi) is 4.17. The van der Waals surface area contributed by atoms with E-state index in [0.29, 0.717) is 5.75 Å². The number of thioether (sulfide) groups is 1. The first-order valence-corrected chi connectivity index (χ1v) is 6.01. The minimum absolute atomic E-state index is 0.229. The summed E-state index contributed by atoms with van der Waals surface area (Å²) in [6, 6.07) is 6.40. The third-order valence-corrected chi connectivity index (χ3v) is 3.75. The molecule has 0 unspecified atom stereocenters. The maximum absolute atomic E-state index is 10.9. The number of carboxylic acid groups (broad SMARTS) is 2. The zero-order valence-corrected chi connectivity index (χ0v) is 10.5. The number of carboxylic acids is 2. The van der Waals surface area contributed by atoms with Gasteiger partial charge in [0.2, 0.25) is 0 Å². The molecule has 0 radical (unpaired) electrons. The highest BCUT2D eigenvalue weighted by atomic mass is 32.2. The van der Waals surface area contributed by atoms with Crippen LogP contribution in [0.3, 0.4) is 0 Å². The molecule has 0 spiro atoms. The first kappa shape index (κ1) is 13.6. The summed E-state index contributed by atoms with van der Waals surface area (Å²) in [5.74, 6) is -1.37. The van der Waals surface area contributed by atoms with E-state index < -0.39 is 17.4 Å². The molecule has 0 aliphatic rings. The Balaban J connectivity index is 2.65. The van der Waals surface area contributed by atoms with Crippen LogP contribution in [0.15, 0.2) is 29.2 Å². The van der Waals surface area contributed by atoms with Crippen LogP contribution in [0, 0.1) is 5.41 Å². The Morgan fingerprint density at radius 2 is 1.71 bits per heavy atom. The molecule has 1 rings (SSSR count). The number of carbonyl (C=O) groups is 2. The van der Waals surface area contributed by atoms with Crippen LogP contribution in [0.1, 0.15) is 24.2 Å². The van der Waals surface area contributed by atoms with Crippen molar-refractivity contribution < 1.29 is 19.8 Å². The molecule has 92 valence electrons. The highest BCUT2D eigenvalue weighted by molar-refractivity contribution is 7.99. The number of aliphatic carboxylic acids is 1. The number of hydrogen-bond acceptors (Lipinski definition) is 3. The van der Waals surface area contributed by atoms with Gasteiger partial charge in [0, 0.05) is 10.6 Å². The number of benzene rings is 1. The van der Waals surface area contributed by atoms with Crippen LogP contribution in [-0.2, 0) is 4.79 Å². The predicted octanol–water partition coefficient (Wildman–Crippen LogP) is 2.59. The van der Waals surface area contributed by atoms with E-state index in [4.69, 9.17) is 10.2 Å². The molecular weight excluding hydrogens is 240 g/mol. The van der Waals surface area contributed by atoms with Gasteiger partial charge in [-0.25, -0.2) is 4.79 Å². The molecule has 0 aliphatic carbocycles. The average molecular weight is 254 g/mol. The third kappa shape index (κ3) is 3.78. The van der Waals surface area contributed by atoms with E-state index in [1.165, 1.54) is 23.9 Å². The van der Waals surface area contributed by atoms with Gasteiger partial charge in [-0.3, -0.25) is 4.79 Å². The summed E-state index contributed by atoms with van der Waals surface area (Å²) >= 11 is 1.40. The summed E-state index contributed by atoms with van der Waals surface area (Å²) in [4.78, 5) is 22.4. The molecule has 1 aromatic carbocycles. The topological polar surface area (TPSA) is 74.6 Å². The number of hydrogen-bond donors (Lipinski definition) is 2. The Morgan fingerprint density at radius 3 is 2.12 bits per heavy atom. The Hall–Kier alpha value is -1.49. The molecule has 0 aromatic heterocycles. The minimum atomic E-state index is -0.965. The van der Waals surface area contributed by atoms with Crippen molar-refractivity contribution in [1.29, 1.82) is 0 Å². The lowest BCUT2D eigenvalue weighted by Crippen LogP contribution is -2.26. The summed E-state index contributed by atoms with van der Waals surface area (Å²) in [6.07, 6.45) is 0. The second kappa shape index (κ2) is 5.23. The van der Waals surface area contributed by atoms with Gasteiger partial charge in [-0.05, 0) is 38.1 Å². The minimum Gasteiger partial charge on any atom is -0.481 e. The van der Waals surface area contributed by atoms with Crippen LogP contribution in [-0.4, -0.2) is 27.9 Å². The second-order valence-corrected chi connectivity index (χ2v) is 5.36. The summed E-state index contributed by atoms with van der Waals surface area (Å²) in [7, 11) is 0. The summed E-state index contributed by atoms with van der Waals surface area (Å²) in [5, 5.41) is 17.7. The van der Waals surface area contributed by atoms with Gasteiger partial charge in [-0.15, -0.1) is 11.8 Å². The highest BCUT2D eigenvalue weighted by Gasteiger charge is 2.26. The van der Waals surface area contributed by atoms with E-state index in [1.54, 1.807) is 26.0 Å². The molecule has 0 bridgehead atoms. The monoisotopic (exact) mass is 254 g/mol. The normalized spacial score (nSPS) is 11.2. The molecular formula is C12H14O4S. The SMILES string of the molecule is CC(C)(CSc1ccc(C(=O)O)cc1)C(=O)O. The fourth-order valence-corrected chi connectivity index (χ4v) is 2.00. The second-order valence-electron chi connectivity index (χ2n) is 4.31. The fourth-order valence-electron chi connectivity index (χ4n) is 1.02. The lowest BCUT2D eigenvalue weighted by Gasteiger charge is -2.18. The van der Waals surface area contributed by atoms with E-state index in [1.807, 2.05) is 0 Å². The molecule has 5 heteroatoms. The third-order valence-electron chi connectivity index (χ3n) is 2.28. The van der Waals surface area contributed by atoms with Gasteiger partial charge in [0.15, 0.2) is 0 Å². The summed E-state index contributed by atoms with van der Waals surface area (Å²) in [6.45, 7) is 3.32. The smallest absolute Gasteiger partial charge is 0.335 e. The highest BCUT2D eigenvalue weighted by Crippen LogP contribution is 2.27. The van der Waals surface area contributed by atoms with Gasteiger partial charge in [-0.2, -0.15) is 0 Å². The number of aromatic carboxylic acids is 1. The summed E-state index contributed by atoms with van der Waals surface area (Å²) < 4.78 is 0. The maximum Gasteiger partial charge on any atom is 0.335 e. The largest absolute Gasteiger partial charge is 0.481 e. The van der Waals surface area contributed by atoms with Crippen LogP contribution in [0.5, 0.6) is 0 Å². The molecule has 1 aromatic rings. The van der Waals surface area contributed by atoms with Crippen molar-refractivity contribution in [2.75, 3.05) is 5.75 Å². The maximum atomic E-state index is 10.9. The van der Waals surface area contributed by atoms with Gasteiger partial charge in [-0.1, -0.05) is 0 Å². The van der Waals surface area contributed by atoms with Crippen LogP contribution in [0.4, 0.5) is 0 Å². The molecule has 0 amide bonds. The van der Waals surface area contributed by atoms with E-state index in [-0.39, 0.29) is 5.56 Å². The van der Waals surface area contributed by atoms with Crippen LogP contribution >= 0.6 is 11.8 Å². The zero-order chi connectivity index (χ0) is 13.1. The molecule has 0 saturated carbocycles. The average Bonchev–Trinajstić information content (AvgIpc) is 2.27. The van der Waals surface area contributed by atoms with Crippen molar-refractivity contribution in [3.63, 3.8) is 0 Å². The van der Waals surface area contributed by atoms with E-state index >= 15 is 0 Å². The van der Waals surface area contributed by atoms with Gasteiger partial charge in [0.05, 0.1) is 11.0 Å². The lowest BCUT2D eigenvalue weighted by molar-refractivity contribution is -0.145. The van der Waals surface area contributed by atoms with Crippen molar-refractivity contribution in [3.8, 4) is 0 Å². The van der Waals surface area contributed by atoms with Crippen molar-refractivity contribution in [1.82, 2.24) is 0 Å². The van der Waals surface area contributed by atoms with E-state index in [0.717, 1.165) is 4.90 Å². The summed E-state index contributed by atoms with van der Waals surface area (Å²) in [5.41, 5.74) is -0.567. The predicted molar refractivity (Wildman–Crippen MR) is 65.5 cm³/mol. The van der Waals surface area contributed by atoms with Crippen LogP contribution in [0.2, 0.25) is 0 Å². The van der Waals surface area contributed by atoms with Crippen LogP contribution in [0.25, 0.3) is 0 Å². The van der Waals surface area contributed by atoms with Gasteiger partial charge >= 0.3 is 11.9 Å². The molecule has 0 atom stereocenters. The van der Waals surface area contributed by atoms with Crippen molar-refractivity contribution in [2.45, 2.75) is 18.7 Å². The molecule has 2 N–H and O–H groups in total. The molecule has 0 fully saturated rings. The molecule has 4 nitrogen and oxygen atoms in total. The fraction of sp³-hybridized carbons (Fsp3) is 0.333. The molecule has 0 aliphatic heterocycles. The van der Waals surface area contributed by atoms with E-state index in [9.17, 15) is 9.59 Å². The molecule has 0 saturated heterocycles. The number of rotatable bonds is 5. The van der Waals surface area contributed by atoms with E-state index in [2.05, 4.69) is 0 Å². The molecule has 0 heterocycles. The van der Waals surface area contributed by atoms with Crippen LogP contribution < -0.4 is 0 Å². The molecule has 17 heavy (non-hydrogen) atoms. The van der Waals surface area contributed by atoms with Crippen molar-refractivity contribution >= 4 is 23.7 Å². The quantitative estimate of drug-likeness (QED) is 0.790. The van der Waals surface area contributed by atoms with Gasteiger partial charge < -0.3 is 10.2 Å². The Morgan fingerprint density at radius 1 is 1.18 bits per heavy atom. The van der Waals surface area contributed by atoms with Gasteiger partial charge in [0.25, 0.3) is 0 Å².